The molecule has 2 aliphatic carbocycles. The van der Waals surface area contributed by atoms with Gasteiger partial charge in [0.25, 0.3) is 0 Å². The summed E-state index contributed by atoms with van der Waals surface area (Å²) < 4.78 is 0. The Kier molecular flexibility index (Phi) is 3.51. The van der Waals surface area contributed by atoms with Crippen molar-refractivity contribution in [1.82, 2.24) is 0 Å². The summed E-state index contributed by atoms with van der Waals surface area (Å²) in [5.74, 6) is 3.44. The molecule has 90 valence electrons. The average Bonchev–Trinajstić information content (AvgIpc) is 2.28. The predicted octanol–water partition coefficient (Wildman–Crippen LogP) is 3.84. The Labute approximate surface area is 99.3 Å². The lowest BCUT2D eigenvalue weighted by Crippen LogP contribution is -2.36. The maximum atomic E-state index is 11.0. The molecule has 0 spiro atoms. The van der Waals surface area contributed by atoms with Crippen LogP contribution in [0.3, 0.4) is 0 Å². The number of allylic oxidation sites excluding steroid dienone is 2. The van der Waals surface area contributed by atoms with Crippen LogP contribution in [-0.2, 0) is 4.79 Å². The number of rotatable bonds is 2. The number of carbonyl (C=O) groups is 1. The first-order chi connectivity index (χ1) is 7.63. The highest BCUT2D eigenvalue weighted by atomic mass is 16.1. The highest BCUT2D eigenvalue weighted by Gasteiger charge is 2.39. The van der Waals surface area contributed by atoms with Gasteiger partial charge in [-0.05, 0) is 56.3 Å². The van der Waals surface area contributed by atoms with E-state index in [1.807, 2.05) is 0 Å². The average molecular weight is 220 g/mol. The first-order valence-corrected chi connectivity index (χ1v) is 6.75. The summed E-state index contributed by atoms with van der Waals surface area (Å²) >= 11 is 0. The quantitative estimate of drug-likeness (QED) is 0.510. The van der Waals surface area contributed by atoms with Gasteiger partial charge in [0.15, 0.2) is 0 Å². The summed E-state index contributed by atoms with van der Waals surface area (Å²) in [5.41, 5.74) is 1.59. The molecular formula is C15H24O. The third-order valence-corrected chi connectivity index (χ3v) is 4.84. The predicted molar refractivity (Wildman–Crippen MR) is 67.1 cm³/mol. The Morgan fingerprint density at radius 1 is 1.38 bits per heavy atom. The number of fused-ring (bicyclic) bond motifs is 1. The fourth-order valence-electron chi connectivity index (χ4n) is 3.82. The van der Waals surface area contributed by atoms with Gasteiger partial charge in [-0.15, -0.1) is 0 Å². The van der Waals surface area contributed by atoms with Gasteiger partial charge in [-0.25, -0.2) is 0 Å². The minimum atomic E-state index is 0.341. The van der Waals surface area contributed by atoms with Crippen molar-refractivity contribution in [2.75, 3.05) is 0 Å². The molecule has 2 rings (SSSR count). The van der Waals surface area contributed by atoms with Crippen molar-refractivity contribution in [3.05, 3.63) is 11.6 Å². The van der Waals surface area contributed by atoms with Crippen molar-refractivity contribution in [2.45, 2.75) is 46.5 Å². The molecule has 1 heteroatoms. The first-order valence-electron chi connectivity index (χ1n) is 6.75. The van der Waals surface area contributed by atoms with E-state index in [0.717, 1.165) is 36.5 Å². The van der Waals surface area contributed by atoms with E-state index in [-0.39, 0.29) is 0 Å². The summed E-state index contributed by atoms with van der Waals surface area (Å²) in [6.45, 7) is 6.96. The van der Waals surface area contributed by atoms with Gasteiger partial charge in [-0.1, -0.05) is 25.5 Å². The van der Waals surface area contributed by atoms with Gasteiger partial charge in [0, 0.05) is 5.92 Å². The molecule has 0 aromatic carbocycles. The molecule has 0 aliphatic heterocycles. The topological polar surface area (TPSA) is 17.1 Å². The second-order valence-electron chi connectivity index (χ2n) is 6.07. The van der Waals surface area contributed by atoms with Gasteiger partial charge in [-0.2, -0.15) is 0 Å². The van der Waals surface area contributed by atoms with E-state index in [1.165, 1.54) is 19.1 Å². The van der Waals surface area contributed by atoms with Crippen LogP contribution in [0.15, 0.2) is 11.6 Å². The molecule has 0 unspecified atom stereocenters. The highest BCUT2D eigenvalue weighted by Crippen LogP contribution is 2.47. The van der Waals surface area contributed by atoms with Crippen LogP contribution in [0, 0.1) is 29.6 Å². The van der Waals surface area contributed by atoms with Crippen molar-refractivity contribution in [3.63, 3.8) is 0 Å². The van der Waals surface area contributed by atoms with E-state index in [2.05, 4.69) is 26.8 Å². The standard InChI is InChI=1S/C15H24O/c1-10(2)13-6-4-11(3)14-7-5-12(9-16)8-15(13)14/h4,9-10,12-15H,5-8H2,1-3H3/t12-,13+,14-,15+/m1/s1. The fraction of sp³-hybridized carbons (Fsp3) is 0.800. The molecular weight excluding hydrogens is 196 g/mol. The molecule has 16 heavy (non-hydrogen) atoms. The lowest BCUT2D eigenvalue weighted by atomic mass is 9.61. The molecule has 0 amide bonds. The molecule has 0 bridgehead atoms. The molecule has 0 N–H and O–H groups in total. The van der Waals surface area contributed by atoms with Gasteiger partial charge in [-0.3, -0.25) is 0 Å². The lowest BCUT2D eigenvalue weighted by Gasteiger charge is -2.44. The van der Waals surface area contributed by atoms with Crippen molar-refractivity contribution < 1.29 is 4.79 Å². The molecule has 0 aromatic rings. The molecule has 1 nitrogen and oxygen atoms in total. The van der Waals surface area contributed by atoms with Crippen LogP contribution in [0.1, 0.15) is 46.5 Å². The van der Waals surface area contributed by atoms with Crippen LogP contribution in [0.5, 0.6) is 0 Å². The Balaban J connectivity index is 2.18. The molecule has 0 heterocycles. The number of hydrogen-bond donors (Lipinski definition) is 0. The number of hydrogen-bond acceptors (Lipinski definition) is 1. The lowest BCUT2D eigenvalue weighted by molar-refractivity contribution is -0.113. The molecule has 0 aromatic heterocycles. The molecule has 1 saturated carbocycles. The Hall–Kier alpha value is -0.590. The minimum Gasteiger partial charge on any atom is -0.303 e. The molecule has 4 atom stereocenters. The normalized spacial score (nSPS) is 39.1. The first kappa shape index (κ1) is 11.9. The van der Waals surface area contributed by atoms with Crippen LogP contribution in [-0.4, -0.2) is 6.29 Å². The monoisotopic (exact) mass is 220 g/mol. The van der Waals surface area contributed by atoms with Crippen molar-refractivity contribution in [1.29, 1.82) is 0 Å². The smallest absolute Gasteiger partial charge is 0.123 e. The van der Waals surface area contributed by atoms with Crippen LogP contribution < -0.4 is 0 Å². The van der Waals surface area contributed by atoms with Crippen LogP contribution in [0.2, 0.25) is 0 Å². The number of aldehydes is 1. The van der Waals surface area contributed by atoms with E-state index in [9.17, 15) is 4.79 Å². The largest absolute Gasteiger partial charge is 0.303 e. The fourth-order valence-corrected chi connectivity index (χ4v) is 3.82. The zero-order valence-corrected chi connectivity index (χ0v) is 10.8. The molecule has 0 radical (unpaired) electrons. The van der Waals surface area contributed by atoms with Gasteiger partial charge in [0.1, 0.15) is 6.29 Å². The van der Waals surface area contributed by atoms with Gasteiger partial charge in [0.2, 0.25) is 0 Å². The third-order valence-electron chi connectivity index (χ3n) is 4.84. The minimum absolute atomic E-state index is 0.341. The van der Waals surface area contributed by atoms with Gasteiger partial charge < -0.3 is 4.79 Å². The van der Waals surface area contributed by atoms with Gasteiger partial charge >= 0.3 is 0 Å². The molecule has 1 fully saturated rings. The third kappa shape index (κ3) is 2.09. The molecule has 0 saturated heterocycles. The second kappa shape index (κ2) is 4.73. The zero-order chi connectivity index (χ0) is 11.7. The number of carbonyl (C=O) groups excluding carboxylic acids is 1. The summed E-state index contributed by atoms with van der Waals surface area (Å²) in [7, 11) is 0. The van der Waals surface area contributed by atoms with E-state index in [1.54, 1.807) is 5.57 Å². The van der Waals surface area contributed by atoms with Crippen molar-refractivity contribution in [3.8, 4) is 0 Å². The van der Waals surface area contributed by atoms with E-state index < -0.39 is 0 Å². The van der Waals surface area contributed by atoms with E-state index in [4.69, 9.17) is 0 Å². The van der Waals surface area contributed by atoms with Crippen LogP contribution in [0.25, 0.3) is 0 Å². The maximum Gasteiger partial charge on any atom is 0.123 e. The Morgan fingerprint density at radius 2 is 2.12 bits per heavy atom. The Morgan fingerprint density at radius 3 is 2.75 bits per heavy atom. The molecule has 2 aliphatic rings. The van der Waals surface area contributed by atoms with Crippen LogP contribution in [0.4, 0.5) is 0 Å². The summed E-state index contributed by atoms with van der Waals surface area (Å²) in [5, 5.41) is 0. The van der Waals surface area contributed by atoms with E-state index >= 15 is 0 Å². The Bertz CT molecular complexity index is 290. The van der Waals surface area contributed by atoms with Gasteiger partial charge in [0.05, 0.1) is 0 Å². The SMILES string of the molecule is CC1=CC[C@@H](C(C)C)[C@@H]2C[C@H](C=O)CC[C@H]12. The van der Waals surface area contributed by atoms with Crippen LogP contribution >= 0.6 is 0 Å². The maximum absolute atomic E-state index is 11.0. The van der Waals surface area contributed by atoms with Crippen molar-refractivity contribution >= 4 is 6.29 Å². The summed E-state index contributed by atoms with van der Waals surface area (Å²) in [6.07, 6.45) is 8.37. The second-order valence-corrected chi connectivity index (χ2v) is 6.07. The highest BCUT2D eigenvalue weighted by molar-refractivity contribution is 5.53. The van der Waals surface area contributed by atoms with Crippen molar-refractivity contribution in [2.24, 2.45) is 29.6 Å². The zero-order valence-electron chi connectivity index (χ0n) is 10.8. The van der Waals surface area contributed by atoms with E-state index in [0.29, 0.717) is 5.92 Å². The summed E-state index contributed by atoms with van der Waals surface area (Å²) in [4.78, 5) is 11.0. The summed E-state index contributed by atoms with van der Waals surface area (Å²) in [6, 6.07) is 0.